The fraction of sp³-hybridized carbons (Fsp3) is 0.273. The molecule has 1 N–H and O–H groups in total. The molecule has 0 saturated carbocycles. The zero-order valence-electron chi connectivity index (χ0n) is 17.0. The van der Waals surface area contributed by atoms with E-state index >= 15 is 0 Å². The Morgan fingerprint density at radius 1 is 1.00 bits per heavy atom. The molecule has 29 heavy (non-hydrogen) atoms. The van der Waals surface area contributed by atoms with Gasteiger partial charge in [-0.1, -0.05) is 55.0 Å². The first-order chi connectivity index (χ1) is 13.7. The molecule has 7 heteroatoms. The van der Waals surface area contributed by atoms with Crippen molar-refractivity contribution in [1.82, 2.24) is 14.5 Å². The maximum atomic E-state index is 13.1. The summed E-state index contributed by atoms with van der Waals surface area (Å²) in [6.07, 6.45) is 0. The summed E-state index contributed by atoms with van der Waals surface area (Å²) < 4.78 is 30.1. The van der Waals surface area contributed by atoms with E-state index in [1.165, 1.54) is 4.68 Å². The van der Waals surface area contributed by atoms with Crippen LogP contribution in [0.25, 0.3) is 0 Å². The molecule has 0 spiro atoms. The Balaban J connectivity index is 1.98. The lowest BCUT2D eigenvalue weighted by atomic mass is 9.94. The van der Waals surface area contributed by atoms with Gasteiger partial charge in [-0.2, -0.15) is 5.10 Å². The summed E-state index contributed by atoms with van der Waals surface area (Å²) in [4.78, 5) is 13.3. The van der Waals surface area contributed by atoms with E-state index in [4.69, 9.17) is 0 Å². The number of sulfonamides is 1. The van der Waals surface area contributed by atoms with E-state index in [0.717, 1.165) is 11.3 Å². The highest BCUT2D eigenvalue weighted by Gasteiger charge is 2.32. The minimum absolute atomic E-state index is 0.162. The van der Waals surface area contributed by atoms with Crippen LogP contribution in [0.15, 0.2) is 65.6 Å². The molecule has 0 unspecified atom stereocenters. The van der Waals surface area contributed by atoms with Crippen LogP contribution in [0, 0.1) is 26.7 Å². The van der Waals surface area contributed by atoms with E-state index in [1.54, 1.807) is 38.1 Å². The minimum Gasteiger partial charge on any atom is -0.272 e. The molecule has 0 amide bonds. The van der Waals surface area contributed by atoms with Crippen LogP contribution >= 0.6 is 0 Å². The lowest BCUT2D eigenvalue weighted by Crippen LogP contribution is -2.37. The summed E-state index contributed by atoms with van der Waals surface area (Å²) in [6, 6.07) is 16.8. The molecule has 0 aliphatic rings. The number of carbonyl (C=O) groups excluding carboxylic acids is 1. The van der Waals surface area contributed by atoms with Crippen LogP contribution in [0.3, 0.4) is 0 Å². The molecule has 2 aromatic carbocycles. The monoisotopic (exact) mass is 411 g/mol. The summed E-state index contributed by atoms with van der Waals surface area (Å²) in [5.74, 6) is -0.938. The zero-order valence-corrected chi connectivity index (χ0v) is 17.8. The zero-order chi connectivity index (χ0) is 21.2. The molecule has 3 rings (SSSR count). The number of nitrogens with one attached hydrogen (secondary N) is 1. The molecule has 0 bridgehead atoms. The van der Waals surface area contributed by atoms with Crippen LogP contribution in [-0.2, 0) is 10.0 Å². The largest absolute Gasteiger partial charge is 0.272 e. The second-order valence-electron chi connectivity index (χ2n) is 7.29. The molecule has 0 saturated heterocycles. The van der Waals surface area contributed by atoms with Gasteiger partial charge in [0.05, 0.1) is 22.5 Å². The Kier molecular flexibility index (Phi) is 6.00. The van der Waals surface area contributed by atoms with E-state index in [0.29, 0.717) is 11.3 Å². The van der Waals surface area contributed by atoms with Crippen LogP contribution in [0.2, 0.25) is 0 Å². The molecule has 0 radical (unpaired) electrons. The molecule has 0 aliphatic carbocycles. The fourth-order valence-electron chi connectivity index (χ4n) is 3.26. The average Bonchev–Trinajstić information content (AvgIpc) is 3.04. The number of aromatic nitrogens is 2. The summed E-state index contributed by atoms with van der Waals surface area (Å²) >= 11 is 0. The highest BCUT2D eigenvalue weighted by Crippen LogP contribution is 2.26. The highest BCUT2D eigenvalue weighted by atomic mass is 32.2. The Morgan fingerprint density at radius 2 is 1.62 bits per heavy atom. The summed E-state index contributed by atoms with van der Waals surface area (Å²) in [6.45, 7) is 7.23. The summed E-state index contributed by atoms with van der Waals surface area (Å²) in [7, 11) is -3.82. The van der Waals surface area contributed by atoms with Gasteiger partial charge in [0, 0.05) is 5.69 Å². The van der Waals surface area contributed by atoms with Crippen molar-refractivity contribution >= 4 is 15.9 Å². The number of rotatable bonds is 6. The van der Waals surface area contributed by atoms with E-state index in [9.17, 15) is 13.2 Å². The standard InChI is InChI=1S/C22H25N3O3S/c1-15-10-12-20(13-11-15)29(27,28)24-21(19-8-6-5-7-9-19)18(4)22(26)25-17(3)14-16(2)23-25/h5-14,18,21,24H,1-4H3/t18-,21+/m0/s1. The SMILES string of the molecule is Cc1ccc(S(=O)(=O)N[C@@H](c2ccccc2)[C@H](C)C(=O)n2nc(C)cc2C)cc1. The third kappa shape index (κ3) is 4.63. The predicted molar refractivity (Wildman–Crippen MR) is 112 cm³/mol. The number of nitrogens with zero attached hydrogens (tertiary/aromatic N) is 2. The Hall–Kier alpha value is -2.77. The van der Waals surface area contributed by atoms with Crippen molar-refractivity contribution in [2.24, 2.45) is 5.92 Å². The smallest absolute Gasteiger partial charge is 0.251 e. The molecule has 0 fully saturated rings. The predicted octanol–water partition coefficient (Wildman–Crippen LogP) is 3.80. The third-order valence-corrected chi connectivity index (χ3v) is 6.34. The van der Waals surface area contributed by atoms with Crippen molar-refractivity contribution in [1.29, 1.82) is 0 Å². The topological polar surface area (TPSA) is 81.1 Å². The molecule has 1 aromatic heterocycles. The quantitative estimate of drug-likeness (QED) is 0.669. The van der Waals surface area contributed by atoms with Crippen LogP contribution in [0.1, 0.15) is 40.3 Å². The van der Waals surface area contributed by atoms with Crippen LogP contribution < -0.4 is 4.72 Å². The summed E-state index contributed by atoms with van der Waals surface area (Å²) in [5, 5.41) is 4.26. The number of hydrogen-bond acceptors (Lipinski definition) is 4. The van der Waals surface area contributed by atoms with Crippen molar-refractivity contribution in [3.05, 3.63) is 83.2 Å². The Bertz CT molecular complexity index is 1100. The van der Waals surface area contributed by atoms with E-state index in [-0.39, 0.29) is 10.8 Å². The van der Waals surface area contributed by atoms with Gasteiger partial charge in [0.15, 0.2) is 0 Å². The van der Waals surface area contributed by atoms with Gasteiger partial charge in [0.2, 0.25) is 10.0 Å². The maximum absolute atomic E-state index is 13.1. The van der Waals surface area contributed by atoms with E-state index in [1.807, 2.05) is 50.2 Å². The second-order valence-corrected chi connectivity index (χ2v) is 9.00. The Morgan fingerprint density at radius 3 is 2.17 bits per heavy atom. The molecule has 0 aliphatic heterocycles. The van der Waals surface area contributed by atoms with Crippen molar-refractivity contribution in [3.63, 3.8) is 0 Å². The first-order valence-electron chi connectivity index (χ1n) is 9.40. The third-order valence-electron chi connectivity index (χ3n) is 4.88. The lowest BCUT2D eigenvalue weighted by molar-refractivity contribution is 0.0802. The first kappa shape index (κ1) is 21.0. The van der Waals surface area contributed by atoms with Gasteiger partial charge < -0.3 is 0 Å². The first-order valence-corrected chi connectivity index (χ1v) is 10.9. The van der Waals surface area contributed by atoms with Crippen molar-refractivity contribution in [2.45, 2.75) is 38.6 Å². The van der Waals surface area contributed by atoms with Gasteiger partial charge in [-0.15, -0.1) is 0 Å². The normalized spacial score (nSPS) is 13.8. The summed E-state index contributed by atoms with van der Waals surface area (Å²) in [5.41, 5.74) is 3.13. The number of carbonyl (C=O) groups is 1. The van der Waals surface area contributed by atoms with Crippen LogP contribution in [0.5, 0.6) is 0 Å². The molecular weight excluding hydrogens is 386 g/mol. The van der Waals surface area contributed by atoms with Gasteiger partial charge in [0.25, 0.3) is 5.91 Å². The van der Waals surface area contributed by atoms with E-state index < -0.39 is 22.0 Å². The van der Waals surface area contributed by atoms with Crippen LogP contribution in [-0.4, -0.2) is 24.1 Å². The molecular formula is C22H25N3O3S. The molecule has 1 heterocycles. The van der Waals surface area contributed by atoms with Gasteiger partial charge in [-0.05, 0) is 44.5 Å². The molecule has 3 aromatic rings. The van der Waals surface area contributed by atoms with Crippen molar-refractivity contribution < 1.29 is 13.2 Å². The molecule has 2 atom stereocenters. The average molecular weight is 412 g/mol. The second kappa shape index (κ2) is 8.31. The van der Waals surface area contributed by atoms with Gasteiger partial charge in [-0.3, -0.25) is 4.79 Å². The van der Waals surface area contributed by atoms with Gasteiger partial charge in [0.1, 0.15) is 0 Å². The van der Waals surface area contributed by atoms with E-state index in [2.05, 4.69) is 9.82 Å². The fourth-order valence-corrected chi connectivity index (χ4v) is 4.56. The van der Waals surface area contributed by atoms with Crippen molar-refractivity contribution in [2.75, 3.05) is 0 Å². The number of hydrogen-bond donors (Lipinski definition) is 1. The van der Waals surface area contributed by atoms with Crippen molar-refractivity contribution in [3.8, 4) is 0 Å². The maximum Gasteiger partial charge on any atom is 0.251 e. The highest BCUT2D eigenvalue weighted by molar-refractivity contribution is 7.89. The van der Waals surface area contributed by atoms with Gasteiger partial charge >= 0.3 is 0 Å². The lowest BCUT2D eigenvalue weighted by Gasteiger charge is -2.25. The minimum atomic E-state index is -3.82. The molecule has 6 nitrogen and oxygen atoms in total. The Labute approximate surface area is 171 Å². The van der Waals surface area contributed by atoms with Crippen LogP contribution in [0.4, 0.5) is 0 Å². The number of benzene rings is 2. The number of aryl methyl sites for hydroxylation is 3. The van der Waals surface area contributed by atoms with Gasteiger partial charge in [-0.25, -0.2) is 17.8 Å². The molecule has 152 valence electrons.